The number of rotatable bonds is 1. The minimum Gasteiger partial charge on any atom is -0.399 e. The van der Waals surface area contributed by atoms with Crippen LogP contribution in [0.25, 0.3) is 11.3 Å². The maximum Gasteiger partial charge on any atom is 0.418 e. The van der Waals surface area contributed by atoms with Crippen molar-refractivity contribution < 1.29 is 13.2 Å². The van der Waals surface area contributed by atoms with Gasteiger partial charge in [0.25, 0.3) is 0 Å². The largest absolute Gasteiger partial charge is 0.418 e. The van der Waals surface area contributed by atoms with E-state index in [0.29, 0.717) is 11.3 Å². The van der Waals surface area contributed by atoms with Crippen LogP contribution in [0.4, 0.5) is 18.9 Å². The Morgan fingerprint density at radius 3 is 2.24 bits per heavy atom. The zero-order valence-electron chi connectivity index (χ0n) is 8.57. The number of hydrogen-bond acceptors (Lipinski definition) is 3. The summed E-state index contributed by atoms with van der Waals surface area (Å²) >= 11 is 0. The molecule has 88 valence electrons. The van der Waals surface area contributed by atoms with Crippen LogP contribution in [0.3, 0.4) is 0 Å². The maximum absolute atomic E-state index is 12.7. The Morgan fingerprint density at radius 2 is 1.65 bits per heavy atom. The van der Waals surface area contributed by atoms with Gasteiger partial charge in [-0.25, -0.2) is 0 Å². The van der Waals surface area contributed by atoms with Crippen molar-refractivity contribution in [1.29, 1.82) is 0 Å². The van der Waals surface area contributed by atoms with E-state index in [1.54, 1.807) is 0 Å². The Balaban J connectivity index is 2.56. The van der Waals surface area contributed by atoms with Gasteiger partial charge in [-0.3, -0.25) is 0 Å². The second-order valence-electron chi connectivity index (χ2n) is 3.41. The van der Waals surface area contributed by atoms with E-state index in [-0.39, 0.29) is 5.69 Å². The van der Waals surface area contributed by atoms with Crippen molar-refractivity contribution in [3.63, 3.8) is 0 Å². The molecule has 0 aliphatic carbocycles. The molecule has 0 unspecified atom stereocenters. The highest BCUT2D eigenvalue weighted by Crippen LogP contribution is 2.35. The molecule has 0 amide bonds. The SMILES string of the molecule is Nc1ccc(-c2nnccc2C(F)(F)F)cc1. The molecule has 3 nitrogen and oxygen atoms in total. The lowest BCUT2D eigenvalue weighted by Crippen LogP contribution is -2.09. The van der Waals surface area contributed by atoms with Gasteiger partial charge in [0.1, 0.15) is 5.69 Å². The van der Waals surface area contributed by atoms with E-state index in [9.17, 15) is 13.2 Å². The topological polar surface area (TPSA) is 51.8 Å². The molecular formula is C11H8F3N3. The van der Waals surface area contributed by atoms with Crippen molar-refractivity contribution >= 4 is 5.69 Å². The summed E-state index contributed by atoms with van der Waals surface area (Å²) < 4.78 is 38.2. The fraction of sp³-hybridized carbons (Fsp3) is 0.0909. The number of halogens is 3. The predicted octanol–water partition coefficient (Wildman–Crippen LogP) is 2.74. The lowest BCUT2D eigenvalue weighted by atomic mass is 10.1. The normalized spacial score (nSPS) is 11.5. The van der Waals surface area contributed by atoms with E-state index in [1.807, 2.05) is 0 Å². The van der Waals surface area contributed by atoms with Gasteiger partial charge in [-0.1, -0.05) is 12.1 Å². The molecule has 0 bridgehead atoms. The zero-order valence-corrected chi connectivity index (χ0v) is 8.57. The van der Waals surface area contributed by atoms with Crippen LogP contribution >= 0.6 is 0 Å². The molecule has 0 atom stereocenters. The molecule has 0 aliphatic rings. The first kappa shape index (κ1) is 11.4. The van der Waals surface area contributed by atoms with Crippen LogP contribution < -0.4 is 5.73 Å². The number of nitrogen functional groups attached to an aromatic ring is 1. The average Bonchev–Trinajstić information content (AvgIpc) is 2.29. The molecule has 6 heteroatoms. The van der Waals surface area contributed by atoms with Crippen molar-refractivity contribution in [3.8, 4) is 11.3 Å². The van der Waals surface area contributed by atoms with Crippen molar-refractivity contribution in [1.82, 2.24) is 10.2 Å². The number of nitrogens with zero attached hydrogens (tertiary/aromatic N) is 2. The van der Waals surface area contributed by atoms with Crippen molar-refractivity contribution in [2.24, 2.45) is 0 Å². The summed E-state index contributed by atoms with van der Waals surface area (Å²) in [7, 11) is 0. The lowest BCUT2D eigenvalue weighted by molar-refractivity contribution is -0.137. The summed E-state index contributed by atoms with van der Waals surface area (Å²) in [6.45, 7) is 0. The summed E-state index contributed by atoms with van der Waals surface area (Å²) in [5.74, 6) is 0. The van der Waals surface area contributed by atoms with Crippen LogP contribution in [0.15, 0.2) is 36.5 Å². The Morgan fingerprint density at radius 1 is 1.00 bits per heavy atom. The molecule has 0 saturated heterocycles. The van der Waals surface area contributed by atoms with Crippen LogP contribution in [0.2, 0.25) is 0 Å². The second kappa shape index (κ2) is 4.04. The first-order valence-corrected chi connectivity index (χ1v) is 4.73. The number of hydrogen-bond donors (Lipinski definition) is 1. The maximum atomic E-state index is 12.7. The van der Waals surface area contributed by atoms with Crippen LogP contribution in [-0.2, 0) is 6.18 Å². The van der Waals surface area contributed by atoms with E-state index in [2.05, 4.69) is 10.2 Å². The Labute approximate surface area is 95.1 Å². The van der Waals surface area contributed by atoms with Gasteiger partial charge in [0.2, 0.25) is 0 Å². The molecule has 2 aromatic rings. The third kappa shape index (κ3) is 2.35. The number of nitrogens with two attached hydrogens (primary N) is 1. The fourth-order valence-electron chi connectivity index (χ4n) is 1.41. The van der Waals surface area contributed by atoms with Crippen LogP contribution in [-0.4, -0.2) is 10.2 Å². The van der Waals surface area contributed by atoms with Gasteiger partial charge < -0.3 is 5.73 Å². The molecule has 0 fully saturated rings. The molecule has 1 aromatic heterocycles. The molecule has 0 spiro atoms. The third-order valence-corrected chi connectivity index (χ3v) is 2.21. The highest BCUT2D eigenvalue weighted by atomic mass is 19.4. The highest BCUT2D eigenvalue weighted by Gasteiger charge is 2.34. The zero-order chi connectivity index (χ0) is 12.5. The molecule has 0 aliphatic heterocycles. The molecule has 2 N–H and O–H groups in total. The number of anilines is 1. The second-order valence-corrected chi connectivity index (χ2v) is 3.41. The van der Waals surface area contributed by atoms with Crippen molar-refractivity contribution in [3.05, 3.63) is 42.1 Å². The van der Waals surface area contributed by atoms with E-state index >= 15 is 0 Å². The Kier molecular flexibility index (Phi) is 2.71. The van der Waals surface area contributed by atoms with Crippen LogP contribution in [0.5, 0.6) is 0 Å². The molecule has 1 aromatic carbocycles. The van der Waals surface area contributed by atoms with Crippen molar-refractivity contribution in [2.75, 3.05) is 5.73 Å². The van der Waals surface area contributed by atoms with E-state index in [4.69, 9.17) is 5.73 Å². The van der Waals surface area contributed by atoms with Gasteiger partial charge in [-0.15, -0.1) is 5.10 Å². The summed E-state index contributed by atoms with van der Waals surface area (Å²) in [6.07, 6.45) is -3.43. The Hall–Kier alpha value is -2.11. The number of aromatic nitrogens is 2. The van der Waals surface area contributed by atoms with Crippen LogP contribution in [0, 0.1) is 0 Å². The summed E-state index contributed by atoms with van der Waals surface area (Å²) in [5, 5.41) is 7.01. The molecule has 1 heterocycles. The summed E-state index contributed by atoms with van der Waals surface area (Å²) in [4.78, 5) is 0. The molecule has 0 radical (unpaired) electrons. The summed E-state index contributed by atoms with van der Waals surface area (Å²) in [5.41, 5.74) is 5.28. The molecule has 0 saturated carbocycles. The average molecular weight is 239 g/mol. The standard InChI is InChI=1S/C11H8F3N3/c12-11(13,14)9-5-6-16-17-10(9)7-1-3-8(15)4-2-7/h1-6H,15H2. The minimum atomic E-state index is -4.45. The number of alkyl halides is 3. The third-order valence-electron chi connectivity index (χ3n) is 2.21. The van der Waals surface area contributed by atoms with Gasteiger partial charge in [0.15, 0.2) is 0 Å². The monoisotopic (exact) mass is 239 g/mol. The first-order valence-electron chi connectivity index (χ1n) is 4.73. The van der Waals surface area contributed by atoms with Crippen molar-refractivity contribution in [2.45, 2.75) is 6.18 Å². The molecular weight excluding hydrogens is 231 g/mol. The lowest BCUT2D eigenvalue weighted by Gasteiger charge is -2.10. The van der Waals surface area contributed by atoms with Crippen LogP contribution in [0.1, 0.15) is 5.56 Å². The minimum absolute atomic E-state index is 0.194. The van der Waals surface area contributed by atoms with Gasteiger partial charge >= 0.3 is 6.18 Å². The fourth-order valence-corrected chi connectivity index (χ4v) is 1.41. The van der Waals surface area contributed by atoms with Gasteiger partial charge in [-0.05, 0) is 18.2 Å². The predicted molar refractivity (Wildman–Crippen MR) is 56.9 cm³/mol. The first-order chi connectivity index (χ1) is 7.98. The van der Waals surface area contributed by atoms with E-state index < -0.39 is 11.7 Å². The van der Waals surface area contributed by atoms with Gasteiger partial charge in [0, 0.05) is 11.3 Å². The highest BCUT2D eigenvalue weighted by molar-refractivity contribution is 5.65. The molecule has 17 heavy (non-hydrogen) atoms. The van der Waals surface area contributed by atoms with E-state index in [1.165, 1.54) is 24.3 Å². The number of benzene rings is 1. The quantitative estimate of drug-likeness (QED) is 0.778. The molecule has 2 rings (SSSR count). The van der Waals surface area contributed by atoms with Gasteiger partial charge in [-0.2, -0.15) is 18.3 Å². The van der Waals surface area contributed by atoms with E-state index in [0.717, 1.165) is 12.3 Å². The smallest absolute Gasteiger partial charge is 0.399 e. The summed E-state index contributed by atoms with van der Waals surface area (Å²) in [6, 6.07) is 6.90. The Bertz CT molecular complexity index is 520. The van der Waals surface area contributed by atoms with Gasteiger partial charge in [0.05, 0.1) is 11.8 Å².